The standard InChI is InChI=1S/C14H16F2N2/c1-5-9-8-10(6-2)13(16)14(12(9)15)18-11(7-3)17-4/h1,7-8,17-18H,6H2,2-4H3/b11-7-. The SMILES string of the molecule is C#Cc1cc(CC)c(F)c(N/C(=C\C)NC)c1F. The van der Waals surface area contributed by atoms with Crippen LogP contribution in [-0.4, -0.2) is 7.05 Å². The van der Waals surface area contributed by atoms with E-state index >= 15 is 0 Å². The lowest BCUT2D eigenvalue weighted by atomic mass is 10.1. The molecule has 0 fully saturated rings. The summed E-state index contributed by atoms with van der Waals surface area (Å²) in [6.45, 7) is 3.54. The number of nitrogens with one attached hydrogen (secondary N) is 2. The summed E-state index contributed by atoms with van der Waals surface area (Å²) in [5.41, 5.74) is 0.227. The van der Waals surface area contributed by atoms with Crippen molar-refractivity contribution >= 4 is 5.69 Å². The van der Waals surface area contributed by atoms with Gasteiger partial charge in [-0.25, -0.2) is 8.78 Å². The Hall–Kier alpha value is -2.02. The van der Waals surface area contributed by atoms with Gasteiger partial charge in [0.05, 0.1) is 11.4 Å². The van der Waals surface area contributed by atoms with Crippen molar-refractivity contribution in [2.24, 2.45) is 0 Å². The van der Waals surface area contributed by atoms with E-state index in [1.807, 2.05) is 0 Å². The van der Waals surface area contributed by atoms with Crippen molar-refractivity contribution in [3.63, 3.8) is 0 Å². The molecule has 1 aromatic rings. The molecule has 0 aromatic heterocycles. The Bertz CT molecular complexity index is 514. The van der Waals surface area contributed by atoms with E-state index in [0.717, 1.165) is 0 Å². The molecule has 0 spiro atoms. The summed E-state index contributed by atoms with van der Waals surface area (Å²) >= 11 is 0. The summed E-state index contributed by atoms with van der Waals surface area (Å²) in [6.07, 6.45) is 7.34. The Morgan fingerprint density at radius 3 is 2.56 bits per heavy atom. The van der Waals surface area contributed by atoms with Crippen molar-refractivity contribution in [3.8, 4) is 12.3 Å². The first kappa shape index (κ1) is 14.0. The number of hydrogen-bond acceptors (Lipinski definition) is 2. The first-order valence-corrected chi connectivity index (χ1v) is 5.67. The van der Waals surface area contributed by atoms with Gasteiger partial charge in [-0.05, 0) is 31.1 Å². The third kappa shape index (κ3) is 2.62. The zero-order chi connectivity index (χ0) is 13.7. The molecule has 2 nitrogen and oxygen atoms in total. The molecule has 0 saturated carbocycles. The van der Waals surface area contributed by atoms with Crippen molar-refractivity contribution in [3.05, 3.63) is 40.7 Å². The second-order valence-electron chi connectivity index (χ2n) is 3.66. The fourth-order valence-corrected chi connectivity index (χ4v) is 1.58. The van der Waals surface area contributed by atoms with Crippen molar-refractivity contribution in [1.82, 2.24) is 5.32 Å². The minimum absolute atomic E-state index is 0.0577. The first-order chi connectivity index (χ1) is 8.58. The van der Waals surface area contributed by atoms with Gasteiger partial charge >= 0.3 is 0 Å². The van der Waals surface area contributed by atoms with Gasteiger partial charge in [-0.2, -0.15) is 0 Å². The molecule has 0 amide bonds. The van der Waals surface area contributed by atoms with Crippen LogP contribution in [0.4, 0.5) is 14.5 Å². The Morgan fingerprint density at radius 1 is 1.44 bits per heavy atom. The number of rotatable bonds is 4. The summed E-state index contributed by atoms with van der Waals surface area (Å²) in [4.78, 5) is 0. The highest BCUT2D eigenvalue weighted by molar-refractivity contribution is 5.58. The van der Waals surface area contributed by atoms with Gasteiger partial charge in [0, 0.05) is 7.05 Å². The van der Waals surface area contributed by atoms with Crippen LogP contribution < -0.4 is 10.6 Å². The van der Waals surface area contributed by atoms with Crippen molar-refractivity contribution < 1.29 is 8.78 Å². The predicted molar refractivity (Wildman–Crippen MR) is 70.1 cm³/mol. The monoisotopic (exact) mass is 250 g/mol. The lowest BCUT2D eigenvalue weighted by molar-refractivity contribution is 0.577. The molecule has 18 heavy (non-hydrogen) atoms. The Morgan fingerprint density at radius 2 is 2.11 bits per heavy atom. The van der Waals surface area contributed by atoms with Crippen LogP contribution in [0.5, 0.6) is 0 Å². The smallest absolute Gasteiger partial charge is 0.165 e. The molecule has 0 radical (unpaired) electrons. The first-order valence-electron chi connectivity index (χ1n) is 5.67. The average molecular weight is 250 g/mol. The van der Waals surface area contributed by atoms with Crippen LogP contribution in [-0.2, 0) is 6.42 Å². The number of terminal acetylenes is 1. The third-order valence-electron chi connectivity index (χ3n) is 2.63. The van der Waals surface area contributed by atoms with Gasteiger partial charge in [0.15, 0.2) is 11.6 Å². The zero-order valence-electron chi connectivity index (χ0n) is 10.7. The zero-order valence-corrected chi connectivity index (χ0v) is 10.7. The summed E-state index contributed by atoms with van der Waals surface area (Å²) < 4.78 is 28.0. The van der Waals surface area contributed by atoms with E-state index in [-0.39, 0.29) is 11.3 Å². The number of aryl methyl sites for hydroxylation is 1. The molecular weight excluding hydrogens is 234 g/mol. The van der Waals surface area contributed by atoms with Gasteiger partial charge in [0.25, 0.3) is 0 Å². The van der Waals surface area contributed by atoms with E-state index < -0.39 is 11.6 Å². The topological polar surface area (TPSA) is 24.1 Å². The molecule has 1 rings (SSSR count). The Kier molecular flexibility index (Phi) is 4.73. The number of allylic oxidation sites excluding steroid dienone is 1. The lowest BCUT2D eigenvalue weighted by Gasteiger charge is -2.14. The predicted octanol–water partition coefficient (Wildman–Crippen LogP) is 3.00. The molecule has 0 aliphatic rings. The van der Waals surface area contributed by atoms with E-state index in [1.165, 1.54) is 6.07 Å². The molecule has 4 heteroatoms. The molecule has 0 aliphatic heterocycles. The number of benzene rings is 1. The highest BCUT2D eigenvalue weighted by Gasteiger charge is 2.17. The molecule has 0 bridgehead atoms. The molecule has 0 heterocycles. The highest BCUT2D eigenvalue weighted by atomic mass is 19.1. The highest BCUT2D eigenvalue weighted by Crippen LogP contribution is 2.26. The minimum Gasteiger partial charge on any atom is -0.375 e. The maximum Gasteiger partial charge on any atom is 0.165 e. The van der Waals surface area contributed by atoms with Crippen LogP contribution in [0, 0.1) is 24.0 Å². The molecule has 2 N–H and O–H groups in total. The average Bonchev–Trinajstić information content (AvgIpc) is 2.39. The molecule has 96 valence electrons. The van der Waals surface area contributed by atoms with Crippen LogP contribution >= 0.6 is 0 Å². The molecule has 0 atom stereocenters. The number of halogens is 2. The maximum absolute atomic E-state index is 14.1. The van der Waals surface area contributed by atoms with E-state index in [0.29, 0.717) is 17.8 Å². The van der Waals surface area contributed by atoms with Crippen LogP contribution in [0.15, 0.2) is 18.0 Å². The van der Waals surface area contributed by atoms with E-state index in [4.69, 9.17) is 6.42 Å². The van der Waals surface area contributed by atoms with E-state index in [1.54, 1.807) is 27.0 Å². The quantitative estimate of drug-likeness (QED) is 0.803. The Balaban J connectivity index is 3.37. The molecule has 0 unspecified atom stereocenters. The minimum atomic E-state index is -0.748. The molecule has 1 aromatic carbocycles. The molecule has 0 saturated heterocycles. The van der Waals surface area contributed by atoms with Crippen molar-refractivity contribution in [2.45, 2.75) is 20.3 Å². The van der Waals surface area contributed by atoms with Crippen molar-refractivity contribution in [1.29, 1.82) is 0 Å². The summed E-state index contributed by atoms with van der Waals surface area (Å²) in [7, 11) is 1.66. The molecular formula is C14H16F2N2. The van der Waals surface area contributed by atoms with Gasteiger partial charge in [-0.3, -0.25) is 0 Å². The van der Waals surface area contributed by atoms with Crippen LogP contribution in [0.1, 0.15) is 25.0 Å². The summed E-state index contributed by atoms with van der Waals surface area (Å²) in [5.74, 6) is 1.37. The third-order valence-corrected chi connectivity index (χ3v) is 2.63. The van der Waals surface area contributed by atoms with Crippen LogP contribution in [0.25, 0.3) is 0 Å². The normalized spacial score (nSPS) is 11.0. The second-order valence-corrected chi connectivity index (χ2v) is 3.66. The van der Waals surface area contributed by atoms with Crippen LogP contribution in [0.2, 0.25) is 0 Å². The van der Waals surface area contributed by atoms with E-state index in [9.17, 15) is 8.78 Å². The van der Waals surface area contributed by atoms with Gasteiger partial charge in [-0.1, -0.05) is 12.8 Å². The lowest BCUT2D eigenvalue weighted by Crippen LogP contribution is -2.17. The largest absolute Gasteiger partial charge is 0.375 e. The van der Waals surface area contributed by atoms with Crippen LogP contribution in [0.3, 0.4) is 0 Å². The second kappa shape index (κ2) is 6.06. The fourth-order valence-electron chi connectivity index (χ4n) is 1.58. The summed E-state index contributed by atoms with van der Waals surface area (Å²) in [6, 6.07) is 1.37. The maximum atomic E-state index is 14.1. The van der Waals surface area contributed by atoms with Crippen molar-refractivity contribution in [2.75, 3.05) is 12.4 Å². The fraction of sp³-hybridized carbons (Fsp3) is 0.286. The molecule has 0 aliphatic carbocycles. The van der Waals surface area contributed by atoms with Gasteiger partial charge < -0.3 is 10.6 Å². The van der Waals surface area contributed by atoms with Gasteiger partial charge in [-0.15, -0.1) is 6.42 Å². The number of anilines is 1. The van der Waals surface area contributed by atoms with E-state index in [2.05, 4.69) is 16.6 Å². The number of hydrogen-bond donors (Lipinski definition) is 2. The van der Waals surface area contributed by atoms with Gasteiger partial charge in [0.1, 0.15) is 5.69 Å². The van der Waals surface area contributed by atoms with Gasteiger partial charge in [0.2, 0.25) is 0 Å². The summed E-state index contributed by atoms with van der Waals surface area (Å²) in [5, 5.41) is 5.46. The Labute approximate surface area is 106 Å².